The van der Waals surface area contributed by atoms with E-state index in [-0.39, 0.29) is 0 Å². The van der Waals surface area contributed by atoms with Gasteiger partial charge < -0.3 is 4.74 Å². The first-order valence-electron chi connectivity index (χ1n) is 5.68. The summed E-state index contributed by atoms with van der Waals surface area (Å²) in [6.07, 6.45) is 12.9. The fourth-order valence-electron chi connectivity index (χ4n) is 1.20. The lowest BCUT2D eigenvalue weighted by Gasteiger charge is -2.00. The fourth-order valence-corrected chi connectivity index (χ4v) is 1.20. The van der Waals surface area contributed by atoms with E-state index in [2.05, 4.69) is 19.9 Å². The molecule has 0 aliphatic carbocycles. The molecular weight excluding hydrogens is 160 g/mol. The highest BCUT2D eigenvalue weighted by Gasteiger charge is 1.88. The molecule has 0 fully saturated rings. The molecule has 13 heavy (non-hydrogen) atoms. The van der Waals surface area contributed by atoms with E-state index in [1.165, 1.54) is 38.5 Å². The van der Waals surface area contributed by atoms with Gasteiger partial charge >= 0.3 is 0 Å². The average Bonchev–Trinajstić information content (AvgIpc) is 2.16. The minimum absolute atomic E-state index is 0.891. The number of unbranched alkanes of at least 4 members (excludes halogenated alkanes) is 5. The molecule has 0 saturated carbocycles. The molecule has 0 heterocycles. The summed E-state index contributed by atoms with van der Waals surface area (Å²) in [7, 11) is 0. The van der Waals surface area contributed by atoms with Crippen molar-refractivity contribution in [2.75, 3.05) is 6.61 Å². The first-order valence-corrected chi connectivity index (χ1v) is 5.68. The van der Waals surface area contributed by atoms with Crippen molar-refractivity contribution in [3.8, 4) is 0 Å². The SMILES string of the molecule is CCC=COCCCCCCCC. The molecule has 1 nitrogen and oxygen atoms in total. The van der Waals surface area contributed by atoms with E-state index >= 15 is 0 Å². The summed E-state index contributed by atoms with van der Waals surface area (Å²) in [4.78, 5) is 0. The summed E-state index contributed by atoms with van der Waals surface area (Å²) >= 11 is 0. The molecule has 0 rings (SSSR count). The van der Waals surface area contributed by atoms with E-state index < -0.39 is 0 Å². The molecule has 0 aromatic rings. The monoisotopic (exact) mass is 184 g/mol. The maximum atomic E-state index is 5.30. The van der Waals surface area contributed by atoms with E-state index in [9.17, 15) is 0 Å². The van der Waals surface area contributed by atoms with Crippen molar-refractivity contribution in [1.82, 2.24) is 0 Å². The Hall–Kier alpha value is -0.460. The Morgan fingerprint density at radius 2 is 1.62 bits per heavy atom. The number of allylic oxidation sites excluding steroid dienone is 1. The molecule has 0 spiro atoms. The number of hydrogen-bond acceptors (Lipinski definition) is 1. The van der Waals surface area contributed by atoms with Crippen LogP contribution < -0.4 is 0 Å². The van der Waals surface area contributed by atoms with Crippen LogP contribution in [0.5, 0.6) is 0 Å². The third kappa shape index (κ3) is 11.5. The van der Waals surface area contributed by atoms with Crippen LogP contribution in [-0.2, 0) is 4.74 Å². The van der Waals surface area contributed by atoms with Gasteiger partial charge in [-0.3, -0.25) is 0 Å². The summed E-state index contributed by atoms with van der Waals surface area (Å²) in [5.74, 6) is 0. The lowest BCUT2D eigenvalue weighted by Crippen LogP contribution is -1.87. The molecule has 0 aromatic carbocycles. The zero-order chi connectivity index (χ0) is 9.78. The van der Waals surface area contributed by atoms with Crippen LogP contribution >= 0.6 is 0 Å². The Labute approximate surface area is 83.2 Å². The van der Waals surface area contributed by atoms with Crippen LogP contribution in [0.25, 0.3) is 0 Å². The van der Waals surface area contributed by atoms with Crippen molar-refractivity contribution in [2.24, 2.45) is 0 Å². The van der Waals surface area contributed by atoms with E-state index in [1.807, 2.05) is 6.26 Å². The second-order valence-corrected chi connectivity index (χ2v) is 3.42. The van der Waals surface area contributed by atoms with Crippen LogP contribution in [0, 0.1) is 0 Å². The molecule has 78 valence electrons. The van der Waals surface area contributed by atoms with Gasteiger partial charge in [0.1, 0.15) is 0 Å². The van der Waals surface area contributed by atoms with Crippen LogP contribution in [0.3, 0.4) is 0 Å². The zero-order valence-corrected chi connectivity index (χ0v) is 9.22. The molecule has 0 radical (unpaired) electrons. The molecular formula is C12H24O. The molecule has 0 aromatic heterocycles. The van der Waals surface area contributed by atoms with Gasteiger partial charge in [-0.25, -0.2) is 0 Å². The van der Waals surface area contributed by atoms with Gasteiger partial charge in [-0.05, 0) is 12.8 Å². The average molecular weight is 184 g/mol. The van der Waals surface area contributed by atoms with Crippen LogP contribution in [0.4, 0.5) is 0 Å². The van der Waals surface area contributed by atoms with Crippen LogP contribution in [0.15, 0.2) is 12.3 Å². The normalized spacial score (nSPS) is 10.9. The lowest BCUT2D eigenvalue weighted by atomic mass is 10.1. The number of hydrogen-bond donors (Lipinski definition) is 0. The van der Waals surface area contributed by atoms with Crippen LogP contribution in [0.1, 0.15) is 58.8 Å². The maximum absolute atomic E-state index is 5.30. The minimum atomic E-state index is 0.891. The van der Waals surface area contributed by atoms with Crippen molar-refractivity contribution in [1.29, 1.82) is 0 Å². The predicted octanol–water partition coefficient (Wildman–Crippen LogP) is 4.29. The smallest absolute Gasteiger partial charge is 0.0873 e. The molecule has 0 bridgehead atoms. The molecule has 1 heteroatoms. The standard InChI is InChI=1S/C12H24O/c1-3-5-7-8-9-10-12-13-11-6-4-2/h6,11H,3-5,7-10,12H2,1-2H3. The predicted molar refractivity (Wildman–Crippen MR) is 58.8 cm³/mol. The summed E-state index contributed by atoms with van der Waals surface area (Å²) in [5.41, 5.74) is 0. The summed E-state index contributed by atoms with van der Waals surface area (Å²) in [6.45, 7) is 5.26. The van der Waals surface area contributed by atoms with Crippen LogP contribution in [0.2, 0.25) is 0 Å². The molecule has 0 aliphatic rings. The van der Waals surface area contributed by atoms with E-state index in [4.69, 9.17) is 4.74 Å². The summed E-state index contributed by atoms with van der Waals surface area (Å²) in [6, 6.07) is 0. The van der Waals surface area contributed by atoms with E-state index in [1.54, 1.807) is 0 Å². The Bertz CT molecular complexity index is 108. The molecule has 0 unspecified atom stereocenters. The third-order valence-electron chi connectivity index (χ3n) is 2.04. The van der Waals surface area contributed by atoms with E-state index in [0.29, 0.717) is 0 Å². The molecule has 0 saturated heterocycles. The molecule has 0 aliphatic heterocycles. The molecule has 0 amide bonds. The lowest BCUT2D eigenvalue weighted by molar-refractivity contribution is 0.239. The Kier molecular flexibility index (Phi) is 11.1. The highest BCUT2D eigenvalue weighted by atomic mass is 16.5. The first-order chi connectivity index (χ1) is 6.41. The van der Waals surface area contributed by atoms with Crippen molar-refractivity contribution in [3.05, 3.63) is 12.3 Å². The largest absolute Gasteiger partial charge is 0.502 e. The highest BCUT2D eigenvalue weighted by Crippen LogP contribution is 2.04. The van der Waals surface area contributed by atoms with Gasteiger partial charge in [-0.15, -0.1) is 0 Å². The Balaban J connectivity index is 2.87. The third-order valence-corrected chi connectivity index (χ3v) is 2.04. The first kappa shape index (κ1) is 12.5. The molecule has 0 atom stereocenters. The second-order valence-electron chi connectivity index (χ2n) is 3.42. The minimum Gasteiger partial charge on any atom is -0.502 e. The second kappa shape index (κ2) is 11.5. The van der Waals surface area contributed by atoms with Crippen molar-refractivity contribution < 1.29 is 4.74 Å². The summed E-state index contributed by atoms with van der Waals surface area (Å²) in [5, 5.41) is 0. The Morgan fingerprint density at radius 1 is 0.923 bits per heavy atom. The van der Waals surface area contributed by atoms with Crippen molar-refractivity contribution >= 4 is 0 Å². The quantitative estimate of drug-likeness (QED) is 0.384. The van der Waals surface area contributed by atoms with Gasteiger partial charge in [0.05, 0.1) is 12.9 Å². The van der Waals surface area contributed by atoms with Gasteiger partial charge in [-0.1, -0.05) is 52.0 Å². The van der Waals surface area contributed by atoms with Gasteiger partial charge in [0.2, 0.25) is 0 Å². The van der Waals surface area contributed by atoms with Gasteiger partial charge in [-0.2, -0.15) is 0 Å². The van der Waals surface area contributed by atoms with Crippen LogP contribution in [-0.4, -0.2) is 6.61 Å². The van der Waals surface area contributed by atoms with Crippen molar-refractivity contribution in [3.63, 3.8) is 0 Å². The van der Waals surface area contributed by atoms with Gasteiger partial charge in [0.25, 0.3) is 0 Å². The zero-order valence-electron chi connectivity index (χ0n) is 9.22. The van der Waals surface area contributed by atoms with Gasteiger partial charge in [0.15, 0.2) is 0 Å². The number of ether oxygens (including phenoxy) is 1. The fraction of sp³-hybridized carbons (Fsp3) is 0.833. The van der Waals surface area contributed by atoms with E-state index in [0.717, 1.165) is 13.0 Å². The Morgan fingerprint density at radius 3 is 2.31 bits per heavy atom. The van der Waals surface area contributed by atoms with Crippen molar-refractivity contribution in [2.45, 2.75) is 58.8 Å². The summed E-state index contributed by atoms with van der Waals surface area (Å²) < 4.78 is 5.30. The maximum Gasteiger partial charge on any atom is 0.0873 e. The molecule has 0 N–H and O–H groups in total. The number of rotatable bonds is 9. The van der Waals surface area contributed by atoms with Gasteiger partial charge in [0, 0.05) is 0 Å². The topological polar surface area (TPSA) is 9.23 Å². The highest BCUT2D eigenvalue weighted by molar-refractivity contribution is 4.70.